The van der Waals surface area contributed by atoms with Crippen molar-refractivity contribution in [2.45, 2.75) is 31.6 Å². The second-order valence-electron chi connectivity index (χ2n) is 5.69. The average Bonchev–Trinajstić information content (AvgIpc) is 2.64. The first-order chi connectivity index (χ1) is 12.9. The molecule has 1 aromatic carbocycles. The summed E-state index contributed by atoms with van der Waals surface area (Å²) in [4.78, 5) is 47.6. The zero-order valence-corrected chi connectivity index (χ0v) is 16.0. The second kappa shape index (κ2) is 9.96. The molecular formula is C18H22N2O6S. The van der Waals surface area contributed by atoms with Crippen LogP contribution in [-0.2, 0) is 23.9 Å². The molecular weight excluding hydrogens is 372 g/mol. The number of nitrogens with one attached hydrogen (secondary N) is 2. The van der Waals surface area contributed by atoms with Crippen LogP contribution < -0.4 is 10.6 Å². The summed E-state index contributed by atoms with van der Waals surface area (Å²) < 4.78 is 9.78. The number of esters is 2. The zero-order chi connectivity index (χ0) is 19.8. The SMILES string of the molecule is CCOC(=O)c1ccc(NC(=O)C[C@H]2SC[C@@H](C(=O)OCC)NC2=O)cc1. The summed E-state index contributed by atoms with van der Waals surface area (Å²) in [5, 5.41) is 4.70. The standard InChI is InChI=1S/C18H22N2O6S/c1-3-25-17(23)11-5-7-12(8-6-11)19-15(21)9-14-16(22)20-13(10-27-14)18(24)26-4-2/h5-8,13-14H,3-4,9-10H2,1-2H3,(H,19,21)(H,20,22)/t13-,14+/m0/s1. The van der Waals surface area contributed by atoms with Gasteiger partial charge in [-0.1, -0.05) is 0 Å². The first-order valence-corrected chi connectivity index (χ1v) is 9.65. The van der Waals surface area contributed by atoms with E-state index >= 15 is 0 Å². The Balaban J connectivity index is 1.84. The third kappa shape index (κ3) is 5.99. The monoisotopic (exact) mass is 394 g/mol. The van der Waals surface area contributed by atoms with E-state index in [2.05, 4.69) is 10.6 Å². The summed E-state index contributed by atoms with van der Waals surface area (Å²) in [6.45, 7) is 3.95. The highest BCUT2D eigenvalue weighted by Crippen LogP contribution is 2.22. The van der Waals surface area contributed by atoms with E-state index in [1.54, 1.807) is 38.1 Å². The fourth-order valence-corrected chi connectivity index (χ4v) is 3.53. The Hall–Kier alpha value is -2.55. The summed E-state index contributed by atoms with van der Waals surface area (Å²) in [6.07, 6.45) is -0.0221. The van der Waals surface area contributed by atoms with Gasteiger partial charge in [0.05, 0.1) is 24.0 Å². The largest absolute Gasteiger partial charge is 0.464 e. The van der Waals surface area contributed by atoms with E-state index in [1.165, 1.54) is 11.8 Å². The van der Waals surface area contributed by atoms with Crippen LogP contribution in [0.4, 0.5) is 5.69 Å². The fourth-order valence-electron chi connectivity index (χ4n) is 2.40. The first kappa shape index (κ1) is 20.8. The van der Waals surface area contributed by atoms with Crippen molar-refractivity contribution in [2.75, 3.05) is 24.3 Å². The van der Waals surface area contributed by atoms with Crippen LogP contribution in [0.3, 0.4) is 0 Å². The van der Waals surface area contributed by atoms with E-state index in [4.69, 9.17) is 9.47 Å². The molecule has 1 aliphatic heterocycles. The van der Waals surface area contributed by atoms with E-state index in [1.807, 2.05) is 0 Å². The molecule has 1 aliphatic rings. The Bertz CT molecular complexity index is 706. The van der Waals surface area contributed by atoms with Gasteiger partial charge in [-0.05, 0) is 38.1 Å². The summed E-state index contributed by atoms with van der Waals surface area (Å²) in [7, 11) is 0. The molecule has 2 rings (SSSR count). The number of hydrogen-bond acceptors (Lipinski definition) is 7. The molecule has 8 nitrogen and oxygen atoms in total. The van der Waals surface area contributed by atoms with Gasteiger partial charge in [-0.3, -0.25) is 9.59 Å². The Labute approximate surface area is 161 Å². The summed E-state index contributed by atoms with van der Waals surface area (Å²) >= 11 is 1.25. The van der Waals surface area contributed by atoms with Gasteiger partial charge in [0.15, 0.2) is 0 Å². The lowest BCUT2D eigenvalue weighted by Crippen LogP contribution is -2.51. The highest BCUT2D eigenvalue weighted by Gasteiger charge is 2.34. The van der Waals surface area contributed by atoms with Gasteiger partial charge in [-0.25, -0.2) is 9.59 Å². The van der Waals surface area contributed by atoms with Gasteiger partial charge in [0.25, 0.3) is 0 Å². The molecule has 0 unspecified atom stereocenters. The van der Waals surface area contributed by atoms with E-state index in [0.29, 0.717) is 17.0 Å². The van der Waals surface area contributed by atoms with Gasteiger partial charge < -0.3 is 20.1 Å². The number of thioether (sulfide) groups is 1. The second-order valence-corrected chi connectivity index (χ2v) is 6.92. The highest BCUT2D eigenvalue weighted by atomic mass is 32.2. The minimum atomic E-state index is -0.683. The van der Waals surface area contributed by atoms with Gasteiger partial charge in [-0.2, -0.15) is 0 Å². The Morgan fingerprint density at radius 2 is 1.81 bits per heavy atom. The fraction of sp³-hybridized carbons (Fsp3) is 0.444. The Morgan fingerprint density at radius 1 is 1.15 bits per heavy atom. The van der Waals surface area contributed by atoms with Crippen molar-refractivity contribution in [3.05, 3.63) is 29.8 Å². The lowest BCUT2D eigenvalue weighted by molar-refractivity contribution is -0.146. The van der Waals surface area contributed by atoms with Crippen LogP contribution in [0, 0.1) is 0 Å². The normalized spacial score (nSPS) is 19.0. The Kier molecular flexibility index (Phi) is 7.66. The van der Waals surface area contributed by atoms with E-state index in [0.717, 1.165) is 0 Å². The van der Waals surface area contributed by atoms with Crippen molar-refractivity contribution < 1.29 is 28.7 Å². The van der Waals surface area contributed by atoms with Gasteiger partial charge >= 0.3 is 11.9 Å². The molecule has 9 heteroatoms. The van der Waals surface area contributed by atoms with Crippen LogP contribution in [0.15, 0.2) is 24.3 Å². The van der Waals surface area contributed by atoms with Gasteiger partial charge in [-0.15, -0.1) is 11.8 Å². The maximum Gasteiger partial charge on any atom is 0.338 e. The molecule has 2 atom stereocenters. The van der Waals surface area contributed by atoms with Gasteiger partial charge in [0.2, 0.25) is 11.8 Å². The van der Waals surface area contributed by atoms with Gasteiger partial charge in [0, 0.05) is 17.9 Å². The lowest BCUT2D eigenvalue weighted by Gasteiger charge is -2.27. The zero-order valence-electron chi connectivity index (χ0n) is 15.2. The molecule has 0 radical (unpaired) electrons. The van der Waals surface area contributed by atoms with Crippen molar-refractivity contribution in [3.8, 4) is 0 Å². The van der Waals surface area contributed by atoms with Crippen LogP contribution in [0.5, 0.6) is 0 Å². The quantitative estimate of drug-likeness (QED) is 0.672. The van der Waals surface area contributed by atoms with E-state index in [-0.39, 0.29) is 31.4 Å². The average molecular weight is 394 g/mol. The molecule has 27 heavy (non-hydrogen) atoms. The predicted molar refractivity (Wildman–Crippen MR) is 100 cm³/mol. The maximum absolute atomic E-state index is 12.2. The number of hydrogen-bond donors (Lipinski definition) is 2. The summed E-state index contributed by atoms with van der Waals surface area (Å²) in [5.74, 6) is -1.24. The molecule has 0 aromatic heterocycles. The summed E-state index contributed by atoms with van der Waals surface area (Å²) in [6, 6.07) is 5.61. The minimum Gasteiger partial charge on any atom is -0.464 e. The molecule has 0 saturated carbocycles. The van der Waals surface area contributed by atoms with Crippen molar-refractivity contribution in [1.29, 1.82) is 0 Å². The number of carbonyl (C=O) groups is 4. The molecule has 0 spiro atoms. The van der Waals surface area contributed by atoms with Crippen molar-refractivity contribution >= 4 is 41.2 Å². The molecule has 2 amide bonds. The molecule has 146 valence electrons. The topological polar surface area (TPSA) is 111 Å². The van der Waals surface area contributed by atoms with Gasteiger partial charge in [0.1, 0.15) is 6.04 Å². The number of carbonyl (C=O) groups excluding carboxylic acids is 4. The molecule has 1 heterocycles. The highest BCUT2D eigenvalue weighted by molar-refractivity contribution is 8.00. The van der Waals surface area contributed by atoms with Crippen LogP contribution in [0.2, 0.25) is 0 Å². The summed E-state index contributed by atoms with van der Waals surface area (Å²) in [5.41, 5.74) is 0.903. The molecule has 1 saturated heterocycles. The third-order valence-corrected chi connectivity index (χ3v) is 5.00. The van der Waals surface area contributed by atoms with Crippen LogP contribution in [-0.4, -0.2) is 54.0 Å². The number of amides is 2. The predicted octanol–water partition coefficient (Wildman–Crippen LogP) is 1.36. The van der Waals surface area contributed by atoms with E-state index in [9.17, 15) is 19.2 Å². The molecule has 0 aliphatic carbocycles. The number of ether oxygens (including phenoxy) is 2. The first-order valence-electron chi connectivity index (χ1n) is 8.60. The van der Waals surface area contributed by atoms with Crippen LogP contribution in [0.1, 0.15) is 30.6 Å². The lowest BCUT2D eigenvalue weighted by atomic mass is 10.2. The van der Waals surface area contributed by atoms with E-state index < -0.39 is 23.2 Å². The van der Waals surface area contributed by atoms with Crippen LogP contribution in [0.25, 0.3) is 0 Å². The van der Waals surface area contributed by atoms with Crippen LogP contribution >= 0.6 is 11.8 Å². The molecule has 0 bridgehead atoms. The Morgan fingerprint density at radius 3 is 2.41 bits per heavy atom. The molecule has 2 N–H and O–H groups in total. The van der Waals surface area contributed by atoms with Crippen molar-refractivity contribution in [2.24, 2.45) is 0 Å². The number of rotatable bonds is 7. The van der Waals surface area contributed by atoms with Crippen molar-refractivity contribution in [3.63, 3.8) is 0 Å². The van der Waals surface area contributed by atoms with Crippen molar-refractivity contribution in [1.82, 2.24) is 5.32 Å². The maximum atomic E-state index is 12.2. The third-order valence-electron chi connectivity index (χ3n) is 3.69. The smallest absolute Gasteiger partial charge is 0.338 e. The number of benzene rings is 1. The molecule has 1 fully saturated rings. The minimum absolute atomic E-state index is 0.0221. The number of anilines is 1. The molecule has 1 aromatic rings.